The highest BCUT2D eigenvalue weighted by molar-refractivity contribution is 6.07. The topological polar surface area (TPSA) is 118 Å². The summed E-state index contributed by atoms with van der Waals surface area (Å²) in [6, 6.07) is 7.24. The van der Waals surface area contributed by atoms with Gasteiger partial charge in [-0.2, -0.15) is 0 Å². The molecule has 1 unspecified atom stereocenters. The van der Waals surface area contributed by atoms with Crippen LogP contribution in [0.5, 0.6) is 0 Å². The molecule has 1 aromatic carbocycles. The van der Waals surface area contributed by atoms with Gasteiger partial charge in [0.1, 0.15) is 5.54 Å². The predicted molar refractivity (Wildman–Crippen MR) is 147 cm³/mol. The first kappa shape index (κ1) is 29.0. The quantitative estimate of drug-likeness (QED) is 0.264. The van der Waals surface area contributed by atoms with Crippen molar-refractivity contribution in [3.05, 3.63) is 35.4 Å². The largest absolute Gasteiger partial charge is 0.394 e. The number of hydrogen-bond acceptors (Lipinski definition) is 4. The third-order valence-electron chi connectivity index (χ3n) is 7.73. The summed E-state index contributed by atoms with van der Waals surface area (Å²) in [6.07, 6.45) is 10.5. The second-order valence-electron chi connectivity index (χ2n) is 11.4. The van der Waals surface area contributed by atoms with Crippen molar-refractivity contribution < 1.29 is 14.7 Å². The van der Waals surface area contributed by atoms with E-state index in [-0.39, 0.29) is 30.5 Å². The van der Waals surface area contributed by atoms with E-state index < -0.39 is 5.54 Å². The molecule has 8 nitrogen and oxygen atoms in total. The lowest BCUT2D eigenvalue weighted by Gasteiger charge is -2.33. The van der Waals surface area contributed by atoms with E-state index in [9.17, 15) is 14.7 Å². The van der Waals surface area contributed by atoms with Crippen LogP contribution >= 0.6 is 0 Å². The maximum Gasteiger partial charge on any atom is 0.315 e. The molecule has 8 heteroatoms. The van der Waals surface area contributed by atoms with Gasteiger partial charge in [-0.3, -0.25) is 15.1 Å². The molecule has 3 rings (SSSR count). The number of urea groups is 1. The van der Waals surface area contributed by atoms with Gasteiger partial charge < -0.3 is 21.1 Å². The lowest BCUT2D eigenvalue weighted by molar-refractivity contribution is -0.132. The Bertz CT molecular complexity index is 897. The number of hydrogen-bond donors (Lipinski definition) is 5. The third-order valence-corrected chi connectivity index (χ3v) is 7.73. The molecule has 5 N–H and O–H groups in total. The van der Waals surface area contributed by atoms with Crippen molar-refractivity contribution in [3.8, 4) is 0 Å². The van der Waals surface area contributed by atoms with Gasteiger partial charge in [0, 0.05) is 6.54 Å². The first-order valence-electron chi connectivity index (χ1n) is 14.2. The monoisotopic (exact) mass is 513 g/mol. The van der Waals surface area contributed by atoms with Gasteiger partial charge in [0.15, 0.2) is 5.96 Å². The molecule has 1 saturated heterocycles. The lowest BCUT2D eigenvalue weighted by atomic mass is 9.77. The van der Waals surface area contributed by atoms with E-state index in [0.29, 0.717) is 24.9 Å². The third kappa shape index (κ3) is 8.19. The molecule has 1 saturated carbocycles. The van der Waals surface area contributed by atoms with Crippen LogP contribution in [0.25, 0.3) is 0 Å². The Labute approximate surface area is 222 Å². The molecule has 0 aromatic heterocycles. The van der Waals surface area contributed by atoms with Crippen molar-refractivity contribution in [1.82, 2.24) is 20.9 Å². The number of aliphatic hydroxyl groups excluding tert-OH is 1. The Morgan fingerprint density at radius 3 is 2.49 bits per heavy atom. The molecule has 0 bridgehead atoms. The van der Waals surface area contributed by atoms with Gasteiger partial charge in [0.25, 0.3) is 5.91 Å². The maximum atomic E-state index is 13.7. The van der Waals surface area contributed by atoms with Crippen LogP contribution in [0.1, 0.15) is 96.1 Å². The number of aliphatic hydroxyl groups is 1. The number of guanidine groups is 1. The highest BCUT2D eigenvalue weighted by atomic mass is 16.3. The molecule has 2 fully saturated rings. The van der Waals surface area contributed by atoms with E-state index in [4.69, 9.17) is 5.41 Å². The normalized spacial score (nSPS) is 21.3. The zero-order chi connectivity index (χ0) is 26.8. The zero-order valence-electron chi connectivity index (χ0n) is 22.9. The van der Waals surface area contributed by atoms with Crippen LogP contribution in [0.3, 0.4) is 0 Å². The molecule has 0 radical (unpaired) electrons. The zero-order valence-corrected chi connectivity index (χ0v) is 22.9. The van der Waals surface area contributed by atoms with Crippen LogP contribution in [0, 0.1) is 17.2 Å². The van der Waals surface area contributed by atoms with E-state index in [1.165, 1.54) is 32.1 Å². The first-order valence-corrected chi connectivity index (χ1v) is 14.2. The van der Waals surface area contributed by atoms with Crippen LogP contribution in [-0.2, 0) is 17.9 Å². The molecular weight excluding hydrogens is 466 g/mol. The van der Waals surface area contributed by atoms with Gasteiger partial charge in [-0.1, -0.05) is 90.0 Å². The summed E-state index contributed by atoms with van der Waals surface area (Å²) in [7, 11) is 0. The molecule has 2 aliphatic rings. The fraction of sp³-hybridized carbons (Fsp3) is 0.690. The summed E-state index contributed by atoms with van der Waals surface area (Å²) in [6.45, 7) is 6.91. The number of rotatable bonds is 13. The van der Waals surface area contributed by atoms with Gasteiger partial charge in [0.2, 0.25) is 0 Å². The Morgan fingerprint density at radius 1 is 1.19 bits per heavy atom. The highest BCUT2D eigenvalue weighted by Gasteiger charge is 2.49. The second kappa shape index (κ2) is 13.8. The number of carbonyl (C=O) groups is 2. The molecule has 1 heterocycles. The Balaban J connectivity index is 1.57. The number of unbranched alkanes of at least 4 members (excludes halogenated alkanes) is 1. The van der Waals surface area contributed by atoms with Crippen molar-refractivity contribution in [2.45, 2.75) is 110 Å². The summed E-state index contributed by atoms with van der Waals surface area (Å²) in [5.41, 5.74) is 1.25. The van der Waals surface area contributed by atoms with Gasteiger partial charge >= 0.3 is 6.03 Å². The molecule has 1 aliphatic carbocycles. The van der Waals surface area contributed by atoms with Crippen molar-refractivity contribution >= 4 is 17.9 Å². The molecule has 206 valence electrons. The number of nitrogens with zero attached hydrogens (tertiary/aromatic N) is 1. The Morgan fingerprint density at radius 2 is 1.86 bits per heavy atom. The summed E-state index contributed by atoms with van der Waals surface area (Å²) in [5.74, 6) is 1.18. The highest BCUT2D eigenvalue weighted by Crippen LogP contribution is 2.36. The summed E-state index contributed by atoms with van der Waals surface area (Å²) >= 11 is 0. The van der Waals surface area contributed by atoms with E-state index >= 15 is 0 Å². The van der Waals surface area contributed by atoms with Crippen LogP contribution in [-0.4, -0.2) is 46.1 Å². The van der Waals surface area contributed by atoms with Gasteiger partial charge in [0.05, 0.1) is 19.2 Å². The molecule has 1 aliphatic heterocycles. The number of nitrogens with one attached hydrogen (secondary N) is 4. The molecular formula is C29H47N5O3. The molecule has 3 amide bonds. The van der Waals surface area contributed by atoms with Crippen molar-refractivity contribution in [2.24, 2.45) is 11.8 Å². The average molecular weight is 514 g/mol. The van der Waals surface area contributed by atoms with E-state index in [1.54, 1.807) is 4.90 Å². The predicted octanol–water partition coefficient (Wildman–Crippen LogP) is 4.66. The second-order valence-corrected chi connectivity index (χ2v) is 11.4. The van der Waals surface area contributed by atoms with Crippen LogP contribution in [0.4, 0.5) is 4.79 Å². The average Bonchev–Trinajstić information content (AvgIpc) is 3.11. The Kier molecular flexibility index (Phi) is 10.8. The summed E-state index contributed by atoms with van der Waals surface area (Å²) in [4.78, 5) is 27.5. The Hall–Kier alpha value is -2.61. The van der Waals surface area contributed by atoms with Crippen molar-refractivity contribution in [2.75, 3.05) is 6.61 Å². The standard InChI is InChI=1S/C29H47N5O3/c1-4-5-15-29(17-22-9-7-6-8-10-22)26(36)34(27(30)33-29)19-24-13-11-23(12-14-24)18-31-28(37)32-25(20-35)16-21(2)3/h11-14,21-22,25,35H,4-10,15-20H2,1-3H3,(H2,30,33)(H2,31,32,37)/t25-,29?/m1/s1. The lowest BCUT2D eigenvalue weighted by Crippen LogP contribution is -2.48. The van der Waals surface area contributed by atoms with Crippen LogP contribution in [0.2, 0.25) is 0 Å². The molecule has 2 atom stereocenters. The van der Waals surface area contributed by atoms with E-state index in [1.807, 2.05) is 24.3 Å². The van der Waals surface area contributed by atoms with Crippen LogP contribution in [0.15, 0.2) is 24.3 Å². The molecule has 37 heavy (non-hydrogen) atoms. The minimum atomic E-state index is -0.645. The molecule has 1 aromatic rings. The van der Waals surface area contributed by atoms with Crippen molar-refractivity contribution in [3.63, 3.8) is 0 Å². The smallest absolute Gasteiger partial charge is 0.315 e. The first-order chi connectivity index (χ1) is 17.8. The van der Waals surface area contributed by atoms with E-state index in [2.05, 4.69) is 36.7 Å². The SMILES string of the molecule is CCCCC1(CC2CCCCC2)NC(=N)N(Cc2ccc(CNC(=O)N[C@@H](CO)CC(C)C)cc2)C1=O. The fourth-order valence-corrected chi connectivity index (χ4v) is 5.74. The molecule has 0 spiro atoms. The van der Waals surface area contributed by atoms with Gasteiger partial charge in [-0.05, 0) is 42.2 Å². The van der Waals surface area contributed by atoms with Gasteiger partial charge in [-0.15, -0.1) is 0 Å². The maximum absolute atomic E-state index is 13.7. The van der Waals surface area contributed by atoms with Crippen molar-refractivity contribution in [1.29, 1.82) is 5.41 Å². The van der Waals surface area contributed by atoms with Crippen LogP contribution < -0.4 is 16.0 Å². The number of amides is 3. The number of benzene rings is 1. The van der Waals surface area contributed by atoms with E-state index in [0.717, 1.165) is 43.2 Å². The number of carbonyl (C=O) groups excluding carboxylic acids is 2. The minimum absolute atomic E-state index is 0.0405. The summed E-state index contributed by atoms with van der Waals surface area (Å²) < 4.78 is 0. The summed E-state index contributed by atoms with van der Waals surface area (Å²) in [5, 5.41) is 27.0. The minimum Gasteiger partial charge on any atom is -0.394 e. The fourth-order valence-electron chi connectivity index (χ4n) is 5.74. The van der Waals surface area contributed by atoms with Gasteiger partial charge in [-0.25, -0.2) is 4.79 Å².